The molecule has 0 radical (unpaired) electrons. The monoisotopic (exact) mass is 309 g/mol. The Morgan fingerprint density at radius 3 is 2.29 bits per heavy atom. The number of amides is 2. The lowest BCUT2D eigenvalue weighted by atomic mass is 9.88. The second-order valence-corrected chi connectivity index (χ2v) is 6.95. The van der Waals surface area contributed by atoms with Crippen LogP contribution in [0.15, 0.2) is 0 Å². The van der Waals surface area contributed by atoms with Crippen LogP contribution in [0.2, 0.25) is 0 Å². The molecule has 0 bridgehead atoms. The molecule has 1 saturated heterocycles. The summed E-state index contributed by atoms with van der Waals surface area (Å²) >= 11 is 0. The summed E-state index contributed by atoms with van der Waals surface area (Å²) in [6.07, 6.45) is -3.78. The van der Waals surface area contributed by atoms with E-state index in [2.05, 4.69) is 10.2 Å². The second kappa shape index (κ2) is 6.85. The molecule has 124 valence electrons. The van der Waals surface area contributed by atoms with Crippen LogP contribution in [-0.2, 0) is 0 Å². The first-order valence-corrected chi connectivity index (χ1v) is 7.30. The topological polar surface area (TPSA) is 35.6 Å². The van der Waals surface area contributed by atoms with Crippen LogP contribution in [-0.4, -0.2) is 61.3 Å². The molecule has 0 aromatic carbocycles. The maximum Gasteiger partial charge on any atom is 0.408 e. The van der Waals surface area contributed by atoms with Crippen molar-refractivity contribution < 1.29 is 18.0 Å². The van der Waals surface area contributed by atoms with Crippen LogP contribution in [0.4, 0.5) is 18.0 Å². The van der Waals surface area contributed by atoms with Crippen LogP contribution < -0.4 is 5.32 Å². The van der Waals surface area contributed by atoms with Crippen molar-refractivity contribution in [2.75, 3.05) is 33.2 Å². The lowest BCUT2D eigenvalue weighted by molar-refractivity contribution is -0.159. The molecular weight excluding hydrogens is 283 g/mol. The first kappa shape index (κ1) is 18.1. The van der Waals surface area contributed by atoms with Crippen LogP contribution in [0.1, 0.15) is 33.6 Å². The summed E-state index contributed by atoms with van der Waals surface area (Å²) < 4.78 is 39.2. The van der Waals surface area contributed by atoms with E-state index in [0.717, 1.165) is 13.0 Å². The summed E-state index contributed by atoms with van der Waals surface area (Å²) in [7, 11) is 1.94. The number of urea groups is 1. The van der Waals surface area contributed by atoms with E-state index in [9.17, 15) is 18.0 Å². The molecule has 0 aliphatic carbocycles. The van der Waals surface area contributed by atoms with Crippen molar-refractivity contribution >= 4 is 6.03 Å². The number of hydrogen-bond donors (Lipinski definition) is 1. The van der Waals surface area contributed by atoms with E-state index in [4.69, 9.17) is 0 Å². The molecule has 1 aliphatic heterocycles. The van der Waals surface area contributed by atoms with Crippen molar-refractivity contribution in [1.29, 1.82) is 0 Å². The predicted molar refractivity (Wildman–Crippen MR) is 76.1 cm³/mol. The highest BCUT2D eigenvalue weighted by Gasteiger charge is 2.43. The third kappa shape index (κ3) is 6.54. The van der Waals surface area contributed by atoms with Gasteiger partial charge in [-0.1, -0.05) is 20.8 Å². The van der Waals surface area contributed by atoms with E-state index >= 15 is 0 Å². The highest BCUT2D eigenvalue weighted by atomic mass is 19.4. The average Bonchev–Trinajstić information content (AvgIpc) is 2.50. The van der Waals surface area contributed by atoms with E-state index in [1.807, 2.05) is 7.05 Å². The average molecular weight is 309 g/mol. The minimum absolute atomic E-state index is 0.129. The van der Waals surface area contributed by atoms with Gasteiger partial charge in [0.1, 0.15) is 6.04 Å². The normalized spacial score (nSPS) is 20.0. The van der Waals surface area contributed by atoms with Crippen LogP contribution in [0.3, 0.4) is 0 Å². The Bertz CT molecular complexity index is 352. The summed E-state index contributed by atoms with van der Waals surface area (Å²) in [6.45, 7) is 7.70. The number of rotatable bonds is 2. The van der Waals surface area contributed by atoms with Gasteiger partial charge in [0.2, 0.25) is 0 Å². The Balaban J connectivity index is 2.67. The highest BCUT2D eigenvalue weighted by molar-refractivity contribution is 5.74. The molecule has 1 atom stereocenters. The summed E-state index contributed by atoms with van der Waals surface area (Å²) in [5.74, 6) is 0. The molecule has 1 rings (SSSR count). The zero-order valence-corrected chi connectivity index (χ0v) is 13.3. The fourth-order valence-electron chi connectivity index (χ4n) is 2.35. The number of likely N-dealkylation sites (N-methyl/N-ethyl adjacent to an activating group) is 1. The third-order valence-electron chi connectivity index (χ3n) is 3.52. The van der Waals surface area contributed by atoms with Crippen molar-refractivity contribution in [3.05, 3.63) is 0 Å². The van der Waals surface area contributed by atoms with Crippen LogP contribution >= 0.6 is 0 Å². The van der Waals surface area contributed by atoms with Crippen LogP contribution in [0.25, 0.3) is 0 Å². The molecule has 1 heterocycles. The van der Waals surface area contributed by atoms with E-state index < -0.39 is 23.7 Å². The minimum Gasteiger partial charge on any atom is -0.326 e. The second-order valence-electron chi connectivity index (χ2n) is 6.95. The third-order valence-corrected chi connectivity index (χ3v) is 3.52. The van der Waals surface area contributed by atoms with Gasteiger partial charge in [-0.15, -0.1) is 0 Å². The Morgan fingerprint density at radius 1 is 1.14 bits per heavy atom. The Kier molecular flexibility index (Phi) is 5.90. The van der Waals surface area contributed by atoms with Gasteiger partial charge in [-0.05, 0) is 31.8 Å². The smallest absolute Gasteiger partial charge is 0.326 e. The number of halogens is 3. The number of carbonyl (C=O) groups is 1. The van der Waals surface area contributed by atoms with Crippen molar-refractivity contribution in [1.82, 2.24) is 15.1 Å². The molecule has 4 nitrogen and oxygen atoms in total. The van der Waals surface area contributed by atoms with E-state index in [1.165, 1.54) is 4.90 Å². The molecule has 1 fully saturated rings. The van der Waals surface area contributed by atoms with Crippen molar-refractivity contribution in [2.24, 2.45) is 5.41 Å². The molecule has 0 spiro atoms. The van der Waals surface area contributed by atoms with Gasteiger partial charge in [0.05, 0.1) is 0 Å². The molecule has 1 aliphatic rings. The minimum atomic E-state index is -4.43. The summed E-state index contributed by atoms with van der Waals surface area (Å²) in [5, 5.41) is 2.17. The van der Waals surface area contributed by atoms with Gasteiger partial charge in [-0.25, -0.2) is 4.79 Å². The number of hydrogen-bond acceptors (Lipinski definition) is 2. The molecule has 2 amide bonds. The van der Waals surface area contributed by atoms with Crippen molar-refractivity contribution in [3.8, 4) is 0 Å². The van der Waals surface area contributed by atoms with Gasteiger partial charge in [0, 0.05) is 19.6 Å². The van der Waals surface area contributed by atoms with Gasteiger partial charge < -0.3 is 15.1 Å². The van der Waals surface area contributed by atoms with Gasteiger partial charge >= 0.3 is 12.2 Å². The van der Waals surface area contributed by atoms with Gasteiger partial charge in [-0.3, -0.25) is 0 Å². The molecule has 0 saturated carbocycles. The zero-order valence-electron chi connectivity index (χ0n) is 13.3. The van der Waals surface area contributed by atoms with Gasteiger partial charge in [0.25, 0.3) is 0 Å². The highest BCUT2D eigenvalue weighted by Crippen LogP contribution is 2.30. The lowest BCUT2D eigenvalue weighted by Crippen LogP contribution is -2.52. The van der Waals surface area contributed by atoms with E-state index in [-0.39, 0.29) is 6.42 Å². The molecular formula is C14H26F3N3O. The molecule has 7 heteroatoms. The zero-order chi connectivity index (χ0) is 16.3. The first-order valence-electron chi connectivity index (χ1n) is 7.30. The SMILES string of the molecule is CN1CCCN(C(=O)N[C@@H](CC(C)(C)C)C(F)(F)F)CC1. The van der Waals surface area contributed by atoms with Gasteiger partial charge in [-0.2, -0.15) is 13.2 Å². The van der Waals surface area contributed by atoms with E-state index in [0.29, 0.717) is 19.6 Å². The molecule has 21 heavy (non-hydrogen) atoms. The molecule has 1 N–H and O–H groups in total. The molecule has 0 unspecified atom stereocenters. The largest absolute Gasteiger partial charge is 0.408 e. The van der Waals surface area contributed by atoms with Crippen molar-refractivity contribution in [3.63, 3.8) is 0 Å². The predicted octanol–water partition coefficient (Wildman–Crippen LogP) is 2.70. The number of carbonyl (C=O) groups excluding carboxylic acids is 1. The maximum atomic E-state index is 13.1. The fraction of sp³-hybridized carbons (Fsp3) is 0.929. The van der Waals surface area contributed by atoms with E-state index in [1.54, 1.807) is 20.8 Å². The molecule has 0 aromatic heterocycles. The van der Waals surface area contributed by atoms with Gasteiger partial charge in [0.15, 0.2) is 0 Å². The molecule has 0 aromatic rings. The number of nitrogens with zero attached hydrogens (tertiary/aromatic N) is 2. The van der Waals surface area contributed by atoms with Crippen LogP contribution in [0, 0.1) is 5.41 Å². The summed E-state index contributed by atoms with van der Waals surface area (Å²) in [4.78, 5) is 15.6. The maximum absolute atomic E-state index is 13.1. The number of alkyl halides is 3. The first-order chi connectivity index (χ1) is 9.49. The Hall–Kier alpha value is -0.980. The quantitative estimate of drug-likeness (QED) is 0.851. The lowest BCUT2D eigenvalue weighted by Gasteiger charge is -2.30. The Morgan fingerprint density at radius 2 is 1.76 bits per heavy atom. The number of nitrogens with one attached hydrogen (secondary N) is 1. The summed E-state index contributed by atoms with van der Waals surface area (Å²) in [5.41, 5.74) is -0.507. The fourth-order valence-corrected chi connectivity index (χ4v) is 2.35. The van der Waals surface area contributed by atoms with Crippen LogP contribution in [0.5, 0.6) is 0 Å². The van der Waals surface area contributed by atoms with Crippen molar-refractivity contribution in [2.45, 2.75) is 45.8 Å². The summed E-state index contributed by atoms with van der Waals surface area (Å²) in [6, 6.07) is -2.41. The Labute approximate surface area is 124 Å². The standard InChI is InChI=1S/C14H26F3N3O/c1-13(2,3)10-11(14(15,16)17)18-12(21)20-7-5-6-19(4)8-9-20/h11H,5-10H2,1-4H3,(H,18,21)/t11-/m0/s1.